The smallest absolute Gasteiger partial charge is 0.0648 e. The molecule has 0 heterocycles. The minimum atomic E-state index is -0.688. The molecular weight excluding hydrogens is 973 g/mol. The topological polar surface area (TPSA) is 0 Å². The first kappa shape index (κ1) is 59.4. The summed E-state index contributed by atoms with van der Waals surface area (Å²) in [4.78, 5) is 0. The minimum Gasteiger partial charge on any atom is -0.0648 e. The molecule has 0 aromatic heterocycles. The molecule has 0 spiro atoms. The molecule has 1 aliphatic carbocycles. The summed E-state index contributed by atoms with van der Waals surface area (Å²) < 4.78 is 0. The maximum absolute atomic E-state index is 2.63. The Morgan fingerprint density at radius 3 is 0.617 bits per heavy atom. The van der Waals surface area contributed by atoms with Crippen molar-refractivity contribution in [2.24, 2.45) is 0 Å². The van der Waals surface area contributed by atoms with Gasteiger partial charge in [-0.2, -0.15) is 0 Å². The minimum absolute atomic E-state index is 0.445. The van der Waals surface area contributed by atoms with E-state index in [1.165, 1.54) is 122 Å². The number of benzene rings is 8. The zero-order valence-electron chi connectivity index (χ0n) is 52.8. The van der Waals surface area contributed by atoms with Crippen LogP contribution in [0.1, 0.15) is 276 Å². The molecule has 0 fully saturated rings. The van der Waals surface area contributed by atoms with Crippen LogP contribution in [0.2, 0.25) is 0 Å². The summed E-state index contributed by atoms with van der Waals surface area (Å²) in [5, 5.41) is 0. The second-order valence-corrected chi connectivity index (χ2v) is 25.5. The molecule has 0 N–H and O–H groups in total. The molecular formula is C81H98. The van der Waals surface area contributed by atoms with Crippen molar-refractivity contribution in [3.8, 4) is 55.6 Å². The van der Waals surface area contributed by atoms with Crippen molar-refractivity contribution in [1.82, 2.24) is 0 Å². The Morgan fingerprint density at radius 2 is 0.420 bits per heavy atom. The quantitative estimate of drug-likeness (QED) is 0.0635. The Balaban J connectivity index is 1.49. The van der Waals surface area contributed by atoms with E-state index in [2.05, 4.69) is 269 Å². The predicted molar refractivity (Wildman–Crippen MR) is 355 cm³/mol. The molecule has 0 heteroatoms. The molecule has 1 aliphatic rings. The Labute approximate surface area is 492 Å². The van der Waals surface area contributed by atoms with E-state index in [0.717, 1.165) is 51.4 Å². The predicted octanol–water partition coefficient (Wildman–Crippen LogP) is 24.8. The van der Waals surface area contributed by atoms with Crippen molar-refractivity contribution in [1.29, 1.82) is 0 Å². The van der Waals surface area contributed by atoms with Crippen molar-refractivity contribution in [3.63, 3.8) is 0 Å². The van der Waals surface area contributed by atoms with Gasteiger partial charge in [0.25, 0.3) is 0 Å². The van der Waals surface area contributed by atoms with Crippen LogP contribution in [0.3, 0.4) is 0 Å². The maximum atomic E-state index is 2.63. The number of rotatable bonds is 22. The van der Waals surface area contributed by atoms with E-state index in [9.17, 15) is 0 Å². The molecule has 9 rings (SSSR count). The Morgan fingerprint density at radius 1 is 0.235 bits per heavy atom. The highest BCUT2D eigenvalue weighted by Crippen LogP contribution is 2.58. The van der Waals surface area contributed by atoms with Crippen LogP contribution in [0.15, 0.2) is 158 Å². The monoisotopic (exact) mass is 1070 g/mol. The van der Waals surface area contributed by atoms with E-state index in [4.69, 9.17) is 0 Å². The zero-order valence-corrected chi connectivity index (χ0v) is 52.8. The van der Waals surface area contributed by atoms with Gasteiger partial charge in [-0.05, 0) is 258 Å². The molecule has 0 aliphatic heterocycles. The third-order valence-corrected chi connectivity index (χ3v) is 20.4. The molecule has 0 amide bonds. The normalized spacial score (nSPS) is 15.8. The molecule has 0 nitrogen and oxygen atoms in total. The van der Waals surface area contributed by atoms with Crippen LogP contribution in [0.4, 0.5) is 0 Å². The summed E-state index contributed by atoms with van der Waals surface area (Å²) in [7, 11) is 0. The van der Waals surface area contributed by atoms with Gasteiger partial charge in [-0.25, -0.2) is 0 Å². The van der Waals surface area contributed by atoms with E-state index < -0.39 is 5.41 Å². The molecule has 8 unspecified atom stereocenters. The number of hydrogen-bond acceptors (Lipinski definition) is 0. The van der Waals surface area contributed by atoms with Gasteiger partial charge in [-0.1, -0.05) is 232 Å². The van der Waals surface area contributed by atoms with Crippen LogP contribution >= 0.6 is 0 Å². The number of fused-ring (bicyclic) bond motifs is 3. The highest BCUT2D eigenvalue weighted by atomic mass is 14.5. The van der Waals surface area contributed by atoms with Crippen molar-refractivity contribution < 1.29 is 0 Å². The molecule has 0 saturated heterocycles. The largest absolute Gasteiger partial charge is 0.0714 e. The third-order valence-electron chi connectivity index (χ3n) is 20.4. The second kappa shape index (κ2) is 25.5. The van der Waals surface area contributed by atoms with Gasteiger partial charge < -0.3 is 0 Å². The highest BCUT2D eigenvalue weighted by Gasteiger charge is 2.47. The van der Waals surface area contributed by atoms with Crippen LogP contribution in [0.5, 0.6) is 0 Å². The molecule has 0 radical (unpaired) electrons. The average Bonchev–Trinajstić information content (AvgIpc) is 4.11. The maximum Gasteiger partial charge on any atom is 0.0714 e. The Hall–Kier alpha value is -6.24. The lowest BCUT2D eigenvalue weighted by Crippen LogP contribution is -2.29. The third kappa shape index (κ3) is 11.8. The molecule has 81 heavy (non-hydrogen) atoms. The van der Waals surface area contributed by atoms with Crippen LogP contribution in [0, 0.1) is 0 Å². The van der Waals surface area contributed by atoms with Crippen LogP contribution in [0.25, 0.3) is 55.6 Å². The van der Waals surface area contributed by atoms with Gasteiger partial charge in [0, 0.05) is 0 Å². The van der Waals surface area contributed by atoms with Crippen molar-refractivity contribution in [2.75, 3.05) is 0 Å². The summed E-state index contributed by atoms with van der Waals surface area (Å²) in [5.41, 5.74) is 29.2. The Bertz CT molecular complexity index is 2950. The van der Waals surface area contributed by atoms with Gasteiger partial charge in [-0.15, -0.1) is 0 Å². The molecule has 422 valence electrons. The van der Waals surface area contributed by atoms with Crippen LogP contribution < -0.4 is 0 Å². The zero-order chi connectivity index (χ0) is 57.9. The van der Waals surface area contributed by atoms with Gasteiger partial charge >= 0.3 is 0 Å². The molecule has 8 atom stereocenters. The van der Waals surface area contributed by atoms with E-state index in [-0.39, 0.29) is 0 Å². The fourth-order valence-electron chi connectivity index (χ4n) is 12.9. The highest BCUT2D eigenvalue weighted by molar-refractivity contribution is 5.90. The van der Waals surface area contributed by atoms with Gasteiger partial charge in [0.05, 0.1) is 5.41 Å². The average molecular weight is 1070 g/mol. The van der Waals surface area contributed by atoms with Gasteiger partial charge in [0.15, 0.2) is 0 Å². The van der Waals surface area contributed by atoms with E-state index >= 15 is 0 Å². The molecule has 0 saturated carbocycles. The summed E-state index contributed by atoms with van der Waals surface area (Å²) in [6.45, 7) is 38.1. The SMILES string of the molecule is CCC(C)c1cc(-c2cc(-c3cc(C(C)CC)cc(C(C)CC)c3)cc(C3(c4cc(-c5cc(C(C)CC)cc(C(C)CC)c5)cc(-c5cc(C(C)CC)cc(C(C)CC)c5)c4)c4ccccc4-c4ccccc43)c2)cc(C(C)CC)c1. The summed E-state index contributed by atoms with van der Waals surface area (Å²) in [6.07, 6.45) is 8.80. The van der Waals surface area contributed by atoms with Crippen molar-refractivity contribution in [3.05, 3.63) is 224 Å². The molecule has 0 bridgehead atoms. The first-order valence-corrected chi connectivity index (χ1v) is 32.1. The van der Waals surface area contributed by atoms with E-state index in [1.54, 1.807) is 0 Å². The van der Waals surface area contributed by atoms with Crippen molar-refractivity contribution in [2.45, 2.75) is 215 Å². The lowest BCUT2D eigenvalue weighted by Gasteiger charge is -2.35. The molecule has 8 aromatic rings. The van der Waals surface area contributed by atoms with Crippen LogP contribution in [-0.4, -0.2) is 0 Å². The fraction of sp³-hybridized carbons (Fsp3) is 0.407. The van der Waals surface area contributed by atoms with Crippen LogP contribution in [-0.2, 0) is 5.41 Å². The molecule has 8 aromatic carbocycles. The fourth-order valence-corrected chi connectivity index (χ4v) is 12.9. The van der Waals surface area contributed by atoms with Gasteiger partial charge in [0.2, 0.25) is 0 Å². The van der Waals surface area contributed by atoms with Crippen molar-refractivity contribution >= 4 is 0 Å². The first-order valence-electron chi connectivity index (χ1n) is 32.1. The summed E-state index contributed by atoms with van der Waals surface area (Å²) in [6, 6.07) is 65.0. The lowest BCUT2D eigenvalue weighted by molar-refractivity contribution is 0.711. The number of hydrogen-bond donors (Lipinski definition) is 0. The van der Waals surface area contributed by atoms with Gasteiger partial charge in [0.1, 0.15) is 0 Å². The summed E-state index contributed by atoms with van der Waals surface area (Å²) in [5.74, 6) is 3.56. The Kier molecular flexibility index (Phi) is 18.7. The lowest BCUT2D eigenvalue weighted by atomic mass is 9.66. The second-order valence-electron chi connectivity index (χ2n) is 25.5. The van der Waals surface area contributed by atoms with E-state index in [1.807, 2.05) is 0 Å². The summed E-state index contributed by atoms with van der Waals surface area (Å²) >= 11 is 0. The standard InChI is InChI=1S/C81H98/c1-17-51(9)59-33-60(52(10)18-2)38-67(37-59)71-45-72(68-39-61(53(11)19-3)34-62(40-68)54(12)20-4)48-75(47-71)81(79-31-27-25-29-77(79)78-30-26-28-32-80(78)81)76-49-73(69-41-63(55(13)21-5)35-64(42-69)56(14)22-6)46-74(50-76)70-43-65(57(15)23-7)36-66(44-70)58(16)24-8/h25-58H,17-24H2,1-16H3. The first-order chi connectivity index (χ1) is 39.0. The van der Waals surface area contributed by atoms with E-state index in [0.29, 0.717) is 47.3 Å². The van der Waals surface area contributed by atoms with Gasteiger partial charge in [-0.3, -0.25) is 0 Å².